The van der Waals surface area contributed by atoms with Gasteiger partial charge in [-0.15, -0.1) is 0 Å². The summed E-state index contributed by atoms with van der Waals surface area (Å²) in [6, 6.07) is 7.60. The van der Waals surface area contributed by atoms with Crippen molar-refractivity contribution in [2.45, 2.75) is 32.2 Å². The Morgan fingerprint density at radius 2 is 2.16 bits per heavy atom. The number of aliphatic carboxylic acids is 1. The smallest absolute Gasteiger partial charge is 0.329 e. The summed E-state index contributed by atoms with van der Waals surface area (Å²) in [6.07, 6.45) is 2.97. The third-order valence-corrected chi connectivity index (χ3v) is 3.10. The van der Waals surface area contributed by atoms with E-state index in [1.54, 1.807) is 13.1 Å². The number of hydrogen-bond donors (Lipinski definition) is 2. The molecule has 5 nitrogen and oxygen atoms in total. The van der Waals surface area contributed by atoms with E-state index in [4.69, 9.17) is 0 Å². The molecule has 2 N–H and O–H groups in total. The maximum Gasteiger partial charge on any atom is 0.329 e. The van der Waals surface area contributed by atoms with Gasteiger partial charge in [-0.25, -0.2) is 14.8 Å². The number of carboxylic acid groups (broad SMARTS) is 1. The molecule has 0 spiro atoms. The van der Waals surface area contributed by atoms with Gasteiger partial charge in [-0.05, 0) is 19.4 Å². The van der Waals surface area contributed by atoms with Crippen LogP contribution in [0.15, 0.2) is 30.5 Å². The minimum Gasteiger partial charge on any atom is -0.480 e. The van der Waals surface area contributed by atoms with Crippen LogP contribution < -0.4 is 5.32 Å². The molecule has 0 saturated carbocycles. The zero-order chi connectivity index (χ0) is 13.9. The first kappa shape index (κ1) is 13.3. The number of para-hydroxylation sites is 1. The number of anilines is 1. The third-order valence-electron chi connectivity index (χ3n) is 3.10. The molecule has 0 radical (unpaired) electrons. The number of carbonyl (C=O) groups is 1. The quantitative estimate of drug-likeness (QED) is 0.863. The number of carboxylic acids is 1. The molecule has 0 amide bonds. The Hall–Kier alpha value is -2.17. The molecule has 0 aliphatic carbocycles. The van der Waals surface area contributed by atoms with Crippen LogP contribution >= 0.6 is 0 Å². The SMILES string of the molecule is CCCC(C)(Nc1ncc2ccccc2n1)C(=O)O. The van der Waals surface area contributed by atoms with Gasteiger partial charge in [0.15, 0.2) is 0 Å². The fraction of sp³-hybridized carbons (Fsp3) is 0.357. The molecule has 0 bridgehead atoms. The second kappa shape index (κ2) is 5.22. The summed E-state index contributed by atoms with van der Waals surface area (Å²) in [5, 5.41) is 13.2. The first-order chi connectivity index (χ1) is 9.05. The molecular weight excluding hydrogens is 242 g/mol. The first-order valence-corrected chi connectivity index (χ1v) is 6.28. The highest BCUT2D eigenvalue weighted by Crippen LogP contribution is 2.19. The van der Waals surface area contributed by atoms with E-state index < -0.39 is 11.5 Å². The molecule has 0 aliphatic rings. The van der Waals surface area contributed by atoms with Gasteiger partial charge in [0.1, 0.15) is 5.54 Å². The van der Waals surface area contributed by atoms with E-state index in [1.807, 2.05) is 31.2 Å². The lowest BCUT2D eigenvalue weighted by atomic mass is 9.97. The molecular formula is C14H17N3O2. The Labute approximate surface area is 111 Å². The molecule has 2 rings (SSSR count). The normalized spacial score (nSPS) is 14.0. The number of hydrogen-bond acceptors (Lipinski definition) is 4. The van der Waals surface area contributed by atoms with Crippen LogP contribution in [0.5, 0.6) is 0 Å². The lowest BCUT2D eigenvalue weighted by Crippen LogP contribution is -2.43. The summed E-state index contributed by atoms with van der Waals surface area (Å²) in [4.78, 5) is 19.9. The van der Waals surface area contributed by atoms with E-state index in [2.05, 4.69) is 15.3 Å². The Balaban J connectivity index is 2.31. The Kier molecular flexibility index (Phi) is 3.64. The standard InChI is InChI=1S/C14H17N3O2/c1-3-8-14(2,12(18)19)17-13-15-9-10-6-4-5-7-11(10)16-13/h4-7,9H,3,8H2,1-2H3,(H,18,19)(H,15,16,17). The van der Waals surface area contributed by atoms with Gasteiger partial charge in [0.05, 0.1) is 5.52 Å². The molecule has 100 valence electrons. The van der Waals surface area contributed by atoms with Gasteiger partial charge < -0.3 is 10.4 Å². The lowest BCUT2D eigenvalue weighted by Gasteiger charge is -2.25. The van der Waals surface area contributed by atoms with E-state index in [0.717, 1.165) is 17.3 Å². The van der Waals surface area contributed by atoms with Gasteiger partial charge >= 0.3 is 5.97 Å². The average molecular weight is 259 g/mol. The van der Waals surface area contributed by atoms with Crippen LogP contribution in [0.2, 0.25) is 0 Å². The zero-order valence-electron chi connectivity index (χ0n) is 11.1. The highest BCUT2D eigenvalue weighted by molar-refractivity contribution is 5.82. The van der Waals surface area contributed by atoms with E-state index >= 15 is 0 Å². The molecule has 1 aromatic carbocycles. The van der Waals surface area contributed by atoms with E-state index in [1.165, 1.54) is 0 Å². The number of benzene rings is 1. The summed E-state index contributed by atoms with van der Waals surface area (Å²) in [5.74, 6) is -0.553. The van der Waals surface area contributed by atoms with Crippen molar-refractivity contribution in [3.05, 3.63) is 30.5 Å². The molecule has 0 fully saturated rings. The Bertz CT molecular complexity index is 600. The number of nitrogens with one attached hydrogen (secondary N) is 1. The molecule has 1 unspecified atom stereocenters. The van der Waals surface area contributed by atoms with Gasteiger partial charge in [0.25, 0.3) is 0 Å². The number of nitrogens with zero attached hydrogens (tertiary/aromatic N) is 2. The fourth-order valence-corrected chi connectivity index (χ4v) is 2.00. The number of rotatable bonds is 5. The number of aromatic nitrogens is 2. The second-order valence-corrected chi connectivity index (χ2v) is 4.76. The minimum absolute atomic E-state index is 0.344. The van der Waals surface area contributed by atoms with E-state index in [0.29, 0.717) is 12.4 Å². The van der Waals surface area contributed by atoms with Crippen LogP contribution in [0.3, 0.4) is 0 Å². The summed E-state index contributed by atoms with van der Waals surface area (Å²) >= 11 is 0. The van der Waals surface area contributed by atoms with Crippen molar-refractivity contribution < 1.29 is 9.90 Å². The molecule has 1 atom stereocenters. The number of fused-ring (bicyclic) bond motifs is 1. The molecule has 2 aromatic rings. The Morgan fingerprint density at radius 3 is 2.84 bits per heavy atom. The van der Waals surface area contributed by atoms with Crippen molar-refractivity contribution in [1.29, 1.82) is 0 Å². The van der Waals surface area contributed by atoms with Crippen molar-refractivity contribution in [2.75, 3.05) is 5.32 Å². The molecule has 0 saturated heterocycles. The van der Waals surface area contributed by atoms with Crippen LogP contribution in [0.4, 0.5) is 5.95 Å². The summed E-state index contributed by atoms with van der Waals surface area (Å²) in [5.41, 5.74) is -0.249. The summed E-state index contributed by atoms with van der Waals surface area (Å²) < 4.78 is 0. The third kappa shape index (κ3) is 2.81. The minimum atomic E-state index is -1.04. The first-order valence-electron chi connectivity index (χ1n) is 6.28. The fourth-order valence-electron chi connectivity index (χ4n) is 2.00. The van der Waals surface area contributed by atoms with Crippen LogP contribution in [-0.4, -0.2) is 26.6 Å². The van der Waals surface area contributed by atoms with Crippen LogP contribution in [0, 0.1) is 0 Å². The van der Waals surface area contributed by atoms with Crippen molar-refractivity contribution in [3.63, 3.8) is 0 Å². The van der Waals surface area contributed by atoms with Gasteiger partial charge in [-0.3, -0.25) is 0 Å². The van der Waals surface area contributed by atoms with Gasteiger partial charge in [-0.2, -0.15) is 0 Å². The summed E-state index contributed by atoms with van der Waals surface area (Å²) in [7, 11) is 0. The topological polar surface area (TPSA) is 75.1 Å². The van der Waals surface area contributed by atoms with Crippen molar-refractivity contribution in [1.82, 2.24) is 9.97 Å². The predicted molar refractivity (Wildman–Crippen MR) is 74.1 cm³/mol. The lowest BCUT2D eigenvalue weighted by molar-refractivity contribution is -0.142. The highest BCUT2D eigenvalue weighted by Gasteiger charge is 2.32. The second-order valence-electron chi connectivity index (χ2n) is 4.76. The van der Waals surface area contributed by atoms with E-state index in [9.17, 15) is 9.90 Å². The predicted octanol–water partition coefficient (Wildman–Crippen LogP) is 2.69. The maximum atomic E-state index is 11.4. The van der Waals surface area contributed by atoms with Crippen LogP contribution in [-0.2, 0) is 4.79 Å². The van der Waals surface area contributed by atoms with Crippen molar-refractivity contribution >= 4 is 22.8 Å². The monoisotopic (exact) mass is 259 g/mol. The average Bonchev–Trinajstić information content (AvgIpc) is 2.38. The zero-order valence-corrected chi connectivity index (χ0v) is 11.1. The van der Waals surface area contributed by atoms with Gasteiger partial charge in [0.2, 0.25) is 5.95 Å². The molecule has 19 heavy (non-hydrogen) atoms. The van der Waals surface area contributed by atoms with Crippen LogP contribution in [0.1, 0.15) is 26.7 Å². The van der Waals surface area contributed by atoms with Crippen molar-refractivity contribution in [2.24, 2.45) is 0 Å². The van der Waals surface area contributed by atoms with Gasteiger partial charge in [-0.1, -0.05) is 31.5 Å². The van der Waals surface area contributed by atoms with E-state index in [-0.39, 0.29) is 0 Å². The van der Waals surface area contributed by atoms with Crippen LogP contribution in [0.25, 0.3) is 10.9 Å². The molecule has 5 heteroatoms. The largest absolute Gasteiger partial charge is 0.480 e. The maximum absolute atomic E-state index is 11.4. The molecule has 1 heterocycles. The molecule has 1 aromatic heterocycles. The molecule has 0 aliphatic heterocycles. The Morgan fingerprint density at radius 1 is 1.42 bits per heavy atom. The van der Waals surface area contributed by atoms with Crippen molar-refractivity contribution in [3.8, 4) is 0 Å². The summed E-state index contributed by atoms with van der Waals surface area (Å²) in [6.45, 7) is 3.60. The van der Waals surface area contributed by atoms with Gasteiger partial charge in [0, 0.05) is 11.6 Å². The highest BCUT2D eigenvalue weighted by atomic mass is 16.4.